The zero-order valence-electron chi connectivity index (χ0n) is 11.8. The molecule has 0 fully saturated rings. The normalized spacial score (nSPS) is 11.5. The van der Waals surface area contributed by atoms with Gasteiger partial charge in [-0.3, -0.25) is 4.79 Å². The fraction of sp³-hybridized carbons (Fsp3) is 0.600. The smallest absolute Gasteiger partial charge is 0.310 e. The first kappa shape index (κ1) is 17.9. The molecule has 3 nitrogen and oxygen atoms in total. The van der Waals surface area contributed by atoms with Crippen LogP contribution in [-0.4, -0.2) is 5.97 Å². The molecule has 0 bridgehead atoms. The zero-order chi connectivity index (χ0) is 13.2. The average Bonchev–Trinajstić information content (AvgIpc) is 2.39. The van der Waals surface area contributed by atoms with Crippen LogP contribution in [0.15, 0.2) is 30.6 Å². The summed E-state index contributed by atoms with van der Waals surface area (Å²) in [5.74, 6) is -0.102. The summed E-state index contributed by atoms with van der Waals surface area (Å²) in [4.78, 5) is 11.6. The Morgan fingerprint density at radius 1 is 1.11 bits per heavy atom. The number of carbonyl (C=O) groups is 1. The molecule has 0 aliphatic heterocycles. The first-order chi connectivity index (χ1) is 8.74. The number of pyridine rings is 1. The molecule has 0 aliphatic carbocycles. The van der Waals surface area contributed by atoms with E-state index < -0.39 is 0 Å². The van der Waals surface area contributed by atoms with Gasteiger partial charge in [0.25, 0.3) is 0 Å². The minimum Gasteiger partial charge on any atom is -1.00 e. The summed E-state index contributed by atoms with van der Waals surface area (Å²) in [5, 5.41) is 0. The SMILES string of the molecule is CCCCCCCC(=O)OC(C)[n+]1ccccc1.[Cl-]. The maximum Gasteiger partial charge on any atom is 0.310 e. The first-order valence-corrected chi connectivity index (χ1v) is 6.89. The van der Waals surface area contributed by atoms with E-state index in [-0.39, 0.29) is 24.6 Å². The van der Waals surface area contributed by atoms with Crippen LogP contribution in [0.2, 0.25) is 0 Å². The first-order valence-electron chi connectivity index (χ1n) is 6.89. The highest BCUT2D eigenvalue weighted by atomic mass is 35.5. The van der Waals surface area contributed by atoms with Crippen molar-refractivity contribution in [2.75, 3.05) is 0 Å². The van der Waals surface area contributed by atoms with Crippen molar-refractivity contribution in [2.45, 2.75) is 58.6 Å². The number of hydrogen-bond acceptors (Lipinski definition) is 2. The average molecular weight is 286 g/mol. The Balaban J connectivity index is 0.00000324. The molecule has 0 saturated heterocycles. The van der Waals surface area contributed by atoms with Crippen molar-refractivity contribution in [3.8, 4) is 0 Å². The maximum atomic E-state index is 11.6. The summed E-state index contributed by atoms with van der Waals surface area (Å²) in [5.41, 5.74) is 0. The van der Waals surface area contributed by atoms with Crippen molar-refractivity contribution in [3.63, 3.8) is 0 Å². The van der Waals surface area contributed by atoms with Crippen LogP contribution in [0.1, 0.15) is 58.6 Å². The number of aromatic nitrogens is 1. The monoisotopic (exact) mass is 285 g/mol. The van der Waals surface area contributed by atoms with Gasteiger partial charge in [-0.2, -0.15) is 4.57 Å². The van der Waals surface area contributed by atoms with Crippen molar-refractivity contribution in [1.82, 2.24) is 0 Å². The van der Waals surface area contributed by atoms with Crippen molar-refractivity contribution in [2.24, 2.45) is 0 Å². The minimum atomic E-state index is -0.227. The number of hydrogen-bond donors (Lipinski definition) is 0. The second-order valence-electron chi connectivity index (χ2n) is 4.58. The van der Waals surface area contributed by atoms with Gasteiger partial charge >= 0.3 is 12.2 Å². The summed E-state index contributed by atoms with van der Waals surface area (Å²) < 4.78 is 7.25. The molecule has 1 aromatic heterocycles. The van der Waals surface area contributed by atoms with Gasteiger partial charge in [-0.1, -0.05) is 38.7 Å². The quantitative estimate of drug-likeness (QED) is 0.393. The molecule has 1 rings (SSSR count). The van der Waals surface area contributed by atoms with E-state index in [0.717, 1.165) is 12.8 Å². The predicted molar refractivity (Wildman–Crippen MR) is 70.8 cm³/mol. The van der Waals surface area contributed by atoms with Gasteiger partial charge in [0.15, 0.2) is 12.4 Å². The lowest BCUT2D eigenvalue weighted by atomic mass is 10.1. The molecule has 1 aromatic rings. The van der Waals surface area contributed by atoms with Crippen molar-refractivity contribution in [1.29, 1.82) is 0 Å². The van der Waals surface area contributed by atoms with Gasteiger partial charge in [0.1, 0.15) is 0 Å². The number of ether oxygens (including phenoxy) is 1. The topological polar surface area (TPSA) is 30.2 Å². The van der Waals surface area contributed by atoms with Crippen LogP contribution in [0.4, 0.5) is 0 Å². The molecule has 0 spiro atoms. The molecule has 1 unspecified atom stereocenters. The Kier molecular flexibility index (Phi) is 10.2. The van der Waals surface area contributed by atoms with E-state index >= 15 is 0 Å². The van der Waals surface area contributed by atoms with Crippen LogP contribution < -0.4 is 17.0 Å². The fourth-order valence-corrected chi connectivity index (χ4v) is 1.84. The maximum absolute atomic E-state index is 11.6. The molecule has 1 atom stereocenters. The Bertz CT molecular complexity index is 343. The van der Waals surface area contributed by atoms with E-state index in [1.807, 2.05) is 42.1 Å². The molecule has 1 heterocycles. The molecule has 0 aliphatic rings. The van der Waals surface area contributed by atoms with Gasteiger partial charge in [0.2, 0.25) is 0 Å². The standard InChI is InChI=1S/C15H24NO2.ClH/c1-3-4-5-6-8-11-15(17)18-14(2)16-12-9-7-10-13-16;/h7,9-10,12-14H,3-6,8,11H2,1-2H3;1H/q+1;/p-1. The molecular formula is C15H24ClNO2. The Morgan fingerprint density at radius 3 is 2.37 bits per heavy atom. The van der Waals surface area contributed by atoms with Gasteiger partial charge < -0.3 is 17.1 Å². The van der Waals surface area contributed by atoms with E-state index in [4.69, 9.17) is 4.74 Å². The summed E-state index contributed by atoms with van der Waals surface area (Å²) >= 11 is 0. The third-order valence-electron chi connectivity index (χ3n) is 2.94. The van der Waals surface area contributed by atoms with Gasteiger partial charge in [-0.05, 0) is 6.42 Å². The third-order valence-corrected chi connectivity index (χ3v) is 2.94. The van der Waals surface area contributed by atoms with E-state index in [1.165, 1.54) is 19.3 Å². The Hall–Kier alpha value is -1.09. The molecule has 0 saturated carbocycles. The van der Waals surface area contributed by atoms with Crippen LogP contribution in [0, 0.1) is 0 Å². The fourth-order valence-electron chi connectivity index (χ4n) is 1.84. The predicted octanol–water partition coefficient (Wildman–Crippen LogP) is 0.400. The van der Waals surface area contributed by atoms with E-state index in [2.05, 4.69) is 6.92 Å². The number of unbranched alkanes of at least 4 members (excludes halogenated alkanes) is 4. The lowest BCUT2D eigenvalue weighted by Gasteiger charge is -2.08. The molecule has 108 valence electrons. The molecule has 4 heteroatoms. The van der Waals surface area contributed by atoms with Gasteiger partial charge in [-0.15, -0.1) is 0 Å². The lowest BCUT2D eigenvalue weighted by Crippen LogP contribution is -3.00. The number of esters is 1. The van der Waals surface area contributed by atoms with Crippen LogP contribution in [0.3, 0.4) is 0 Å². The summed E-state index contributed by atoms with van der Waals surface area (Å²) in [7, 11) is 0. The summed E-state index contributed by atoms with van der Waals surface area (Å²) in [6.45, 7) is 4.07. The number of carbonyl (C=O) groups excluding carboxylic acids is 1. The largest absolute Gasteiger partial charge is 1.00 e. The minimum absolute atomic E-state index is 0. The Morgan fingerprint density at radius 2 is 1.74 bits per heavy atom. The van der Waals surface area contributed by atoms with Crippen LogP contribution in [0.5, 0.6) is 0 Å². The van der Waals surface area contributed by atoms with Gasteiger partial charge in [-0.25, -0.2) is 0 Å². The molecule has 0 amide bonds. The number of rotatable bonds is 8. The highest BCUT2D eigenvalue weighted by Gasteiger charge is 2.15. The van der Waals surface area contributed by atoms with Gasteiger partial charge in [0, 0.05) is 25.5 Å². The summed E-state index contributed by atoms with van der Waals surface area (Å²) in [6.07, 6.45) is 9.86. The van der Waals surface area contributed by atoms with E-state index in [0.29, 0.717) is 6.42 Å². The lowest BCUT2D eigenvalue weighted by molar-refractivity contribution is -0.753. The molecular weight excluding hydrogens is 262 g/mol. The van der Waals surface area contributed by atoms with Crippen molar-refractivity contribution in [3.05, 3.63) is 30.6 Å². The number of halogens is 1. The van der Waals surface area contributed by atoms with Crippen molar-refractivity contribution >= 4 is 5.97 Å². The van der Waals surface area contributed by atoms with Crippen LogP contribution in [0.25, 0.3) is 0 Å². The van der Waals surface area contributed by atoms with Crippen molar-refractivity contribution < 1.29 is 26.5 Å². The van der Waals surface area contributed by atoms with Gasteiger partial charge in [0.05, 0.1) is 0 Å². The van der Waals surface area contributed by atoms with E-state index in [1.54, 1.807) is 0 Å². The third kappa shape index (κ3) is 7.83. The highest BCUT2D eigenvalue weighted by molar-refractivity contribution is 5.69. The highest BCUT2D eigenvalue weighted by Crippen LogP contribution is 2.07. The molecule has 0 radical (unpaired) electrons. The number of nitrogens with zero attached hydrogens (tertiary/aromatic N) is 1. The summed E-state index contributed by atoms with van der Waals surface area (Å²) in [6, 6.07) is 5.79. The Labute approximate surface area is 122 Å². The zero-order valence-corrected chi connectivity index (χ0v) is 12.6. The molecule has 0 aromatic carbocycles. The molecule has 0 N–H and O–H groups in total. The second kappa shape index (κ2) is 10.8. The second-order valence-corrected chi connectivity index (χ2v) is 4.58. The van der Waals surface area contributed by atoms with E-state index in [9.17, 15) is 4.79 Å². The molecule has 19 heavy (non-hydrogen) atoms. The van der Waals surface area contributed by atoms with Crippen LogP contribution >= 0.6 is 0 Å². The van der Waals surface area contributed by atoms with Crippen LogP contribution in [-0.2, 0) is 9.53 Å².